The number of hydrogen-bond acceptors (Lipinski definition) is 6. The van der Waals surface area contributed by atoms with E-state index in [1.54, 1.807) is 0 Å². The Hall–Kier alpha value is -2.50. The van der Waals surface area contributed by atoms with Crippen molar-refractivity contribution in [3.05, 3.63) is 36.7 Å². The second kappa shape index (κ2) is 8.67. The summed E-state index contributed by atoms with van der Waals surface area (Å²) in [7, 11) is 0. The Morgan fingerprint density at radius 2 is 1.75 bits per heavy atom. The number of piperidine rings is 1. The van der Waals surface area contributed by atoms with Gasteiger partial charge in [0.15, 0.2) is 11.5 Å². The highest BCUT2D eigenvalue weighted by molar-refractivity contribution is 5.47. The van der Waals surface area contributed by atoms with Gasteiger partial charge in [-0.15, -0.1) is 0 Å². The number of aromatic nitrogens is 2. The maximum atomic E-state index is 6.31. The van der Waals surface area contributed by atoms with Gasteiger partial charge < -0.3 is 19.3 Å². The molecule has 1 aromatic carbocycles. The minimum atomic E-state index is 0.118. The van der Waals surface area contributed by atoms with Crippen molar-refractivity contribution < 1.29 is 9.47 Å². The Morgan fingerprint density at radius 3 is 2.46 bits per heavy atom. The average Bonchev–Trinajstić information content (AvgIpc) is 3.16. The highest BCUT2D eigenvalue weighted by Crippen LogP contribution is 2.30. The van der Waals surface area contributed by atoms with Crippen molar-refractivity contribution in [3.8, 4) is 11.5 Å². The van der Waals surface area contributed by atoms with Crippen LogP contribution in [0.5, 0.6) is 11.5 Å². The Bertz CT molecular complexity index is 785. The van der Waals surface area contributed by atoms with Crippen LogP contribution in [0.1, 0.15) is 33.1 Å². The van der Waals surface area contributed by atoms with Crippen LogP contribution < -0.4 is 19.3 Å². The standard InChI is InChI=1S/C22H30N4O2/c1-3-27-19-8-4-5-9-20(19)28-18-7-6-11-25(16-18)21-13-23-14-22(24-21)26-12-10-17(2)15-26/h4-5,8-9,13-14,17-18H,3,6-7,10-12,15-16H2,1-2H3/t17?,18-/m1/s1. The zero-order valence-electron chi connectivity index (χ0n) is 16.9. The summed E-state index contributed by atoms with van der Waals surface area (Å²) >= 11 is 0. The molecule has 4 rings (SSSR count). The van der Waals surface area contributed by atoms with E-state index in [9.17, 15) is 0 Å². The van der Waals surface area contributed by atoms with Crippen LogP contribution in [-0.2, 0) is 0 Å². The van der Waals surface area contributed by atoms with Crippen LogP contribution in [0.15, 0.2) is 36.7 Å². The van der Waals surface area contributed by atoms with Gasteiger partial charge in [0.1, 0.15) is 17.7 Å². The first-order valence-corrected chi connectivity index (χ1v) is 10.4. The molecule has 0 aliphatic carbocycles. The van der Waals surface area contributed by atoms with Crippen molar-refractivity contribution in [1.82, 2.24) is 9.97 Å². The Balaban J connectivity index is 1.44. The average molecular weight is 383 g/mol. The number of benzene rings is 1. The second-order valence-electron chi connectivity index (χ2n) is 7.78. The Labute approximate surface area is 167 Å². The quantitative estimate of drug-likeness (QED) is 0.758. The van der Waals surface area contributed by atoms with E-state index in [0.29, 0.717) is 6.61 Å². The van der Waals surface area contributed by atoms with Crippen molar-refractivity contribution in [2.45, 2.75) is 39.2 Å². The van der Waals surface area contributed by atoms with Crippen molar-refractivity contribution >= 4 is 11.6 Å². The molecule has 150 valence electrons. The summed E-state index contributed by atoms with van der Waals surface area (Å²) in [5.74, 6) is 4.30. The second-order valence-corrected chi connectivity index (χ2v) is 7.78. The van der Waals surface area contributed by atoms with Gasteiger partial charge in [-0.05, 0) is 44.2 Å². The van der Waals surface area contributed by atoms with E-state index in [-0.39, 0.29) is 6.10 Å². The fraction of sp³-hybridized carbons (Fsp3) is 0.545. The van der Waals surface area contributed by atoms with E-state index in [1.807, 2.05) is 43.6 Å². The lowest BCUT2D eigenvalue weighted by Gasteiger charge is -2.34. The molecule has 0 amide bonds. The van der Waals surface area contributed by atoms with Crippen molar-refractivity contribution in [2.75, 3.05) is 42.6 Å². The minimum absolute atomic E-state index is 0.118. The SMILES string of the molecule is CCOc1ccccc1O[C@@H]1CCCN(c2cncc(N3CCC(C)C3)n2)C1. The third kappa shape index (κ3) is 4.32. The molecule has 1 aromatic heterocycles. The first kappa shape index (κ1) is 18.8. The Morgan fingerprint density at radius 1 is 1.00 bits per heavy atom. The fourth-order valence-electron chi connectivity index (χ4n) is 4.04. The maximum Gasteiger partial charge on any atom is 0.161 e. The first-order valence-electron chi connectivity index (χ1n) is 10.4. The molecule has 2 fully saturated rings. The molecule has 0 N–H and O–H groups in total. The molecule has 6 nitrogen and oxygen atoms in total. The smallest absolute Gasteiger partial charge is 0.161 e. The molecule has 0 spiro atoms. The molecule has 0 saturated carbocycles. The molecule has 2 aliphatic heterocycles. The maximum absolute atomic E-state index is 6.31. The number of hydrogen-bond donors (Lipinski definition) is 0. The third-order valence-electron chi connectivity index (χ3n) is 5.50. The van der Waals surface area contributed by atoms with E-state index in [4.69, 9.17) is 14.5 Å². The molecule has 3 heterocycles. The highest BCUT2D eigenvalue weighted by atomic mass is 16.5. The van der Waals surface area contributed by atoms with Crippen LogP contribution in [-0.4, -0.2) is 48.9 Å². The molecule has 2 saturated heterocycles. The van der Waals surface area contributed by atoms with Gasteiger partial charge in [-0.25, -0.2) is 4.98 Å². The van der Waals surface area contributed by atoms with E-state index in [1.165, 1.54) is 6.42 Å². The topological polar surface area (TPSA) is 50.7 Å². The summed E-state index contributed by atoms with van der Waals surface area (Å²) in [4.78, 5) is 14.0. The molecule has 28 heavy (non-hydrogen) atoms. The van der Waals surface area contributed by atoms with Crippen molar-refractivity contribution in [1.29, 1.82) is 0 Å². The first-order chi connectivity index (χ1) is 13.7. The third-order valence-corrected chi connectivity index (χ3v) is 5.50. The number of para-hydroxylation sites is 2. The summed E-state index contributed by atoms with van der Waals surface area (Å²) in [6.45, 7) is 8.86. The van der Waals surface area contributed by atoms with Crippen molar-refractivity contribution in [2.24, 2.45) is 5.92 Å². The molecular weight excluding hydrogens is 352 g/mol. The molecule has 2 aromatic rings. The van der Waals surface area contributed by atoms with E-state index >= 15 is 0 Å². The van der Waals surface area contributed by atoms with Gasteiger partial charge in [-0.3, -0.25) is 4.98 Å². The van der Waals surface area contributed by atoms with E-state index in [0.717, 1.165) is 68.1 Å². The lowest BCUT2D eigenvalue weighted by molar-refractivity contribution is 0.170. The predicted molar refractivity (Wildman–Crippen MR) is 112 cm³/mol. The van der Waals surface area contributed by atoms with Gasteiger partial charge >= 0.3 is 0 Å². The largest absolute Gasteiger partial charge is 0.490 e. The van der Waals surface area contributed by atoms with Gasteiger partial charge in [-0.2, -0.15) is 0 Å². The fourth-order valence-corrected chi connectivity index (χ4v) is 4.04. The zero-order chi connectivity index (χ0) is 19.3. The van der Waals surface area contributed by atoms with Crippen LogP contribution in [0.3, 0.4) is 0 Å². The summed E-state index contributed by atoms with van der Waals surface area (Å²) in [6.07, 6.45) is 7.22. The monoisotopic (exact) mass is 382 g/mol. The predicted octanol–water partition coefficient (Wildman–Crippen LogP) is 3.77. The van der Waals surface area contributed by atoms with Crippen LogP contribution >= 0.6 is 0 Å². The minimum Gasteiger partial charge on any atom is -0.490 e. The Kier molecular flexibility index (Phi) is 5.84. The number of rotatable bonds is 6. The lowest BCUT2D eigenvalue weighted by atomic mass is 10.1. The number of anilines is 2. The summed E-state index contributed by atoms with van der Waals surface area (Å²) in [5, 5.41) is 0. The molecule has 0 bridgehead atoms. The van der Waals surface area contributed by atoms with E-state index < -0.39 is 0 Å². The normalized spacial score (nSPS) is 22.4. The van der Waals surface area contributed by atoms with Gasteiger partial charge in [0.2, 0.25) is 0 Å². The van der Waals surface area contributed by atoms with Gasteiger partial charge in [-0.1, -0.05) is 19.1 Å². The molecule has 2 atom stereocenters. The number of nitrogens with zero attached hydrogens (tertiary/aromatic N) is 4. The molecule has 2 aliphatic rings. The van der Waals surface area contributed by atoms with Crippen LogP contribution in [0.25, 0.3) is 0 Å². The number of ether oxygens (including phenoxy) is 2. The van der Waals surface area contributed by atoms with Gasteiger partial charge in [0.25, 0.3) is 0 Å². The van der Waals surface area contributed by atoms with Gasteiger partial charge in [0.05, 0.1) is 25.5 Å². The van der Waals surface area contributed by atoms with Gasteiger partial charge in [0, 0.05) is 19.6 Å². The highest BCUT2D eigenvalue weighted by Gasteiger charge is 2.25. The van der Waals surface area contributed by atoms with Crippen LogP contribution in [0.2, 0.25) is 0 Å². The molecule has 6 heteroatoms. The zero-order valence-corrected chi connectivity index (χ0v) is 16.9. The van der Waals surface area contributed by atoms with Crippen molar-refractivity contribution in [3.63, 3.8) is 0 Å². The molecule has 0 radical (unpaired) electrons. The summed E-state index contributed by atoms with van der Waals surface area (Å²) in [5.41, 5.74) is 0. The van der Waals surface area contributed by atoms with Crippen LogP contribution in [0, 0.1) is 5.92 Å². The summed E-state index contributed by atoms with van der Waals surface area (Å²) < 4.78 is 12.0. The van der Waals surface area contributed by atoms with Crippen LogP contribution in [0.4, 0.5) is 11.6 Å². The van der Waals surface area contributed by atoms with E-state index in [2.05, 4.69) is 21.7 Å². The lowest BCUT2D eigenvalue weighted by Crippen LogP contribution is -2.41. The summed E-state index contributed by atoms with van der Waals surface area (Å²) in [6, 6.07) is 7.92. The molecule has 1 unspecified atom stereocenters. The molecular formula is C22H30N4O2.